The summed E-state index contributed by atoms with van der Waals surface area (Å²) in [4.78, 5) is 22.7. The molecule has 0 aliphatic rings. The van der Waals surface area contributed by atoms with E-state index in [-0.39, 0.29) is 11.5 Å². The van der Waals surface area contributed by atoms with E-state index >= 15 is 0 Å². The molecule has 0 fully saturated rings. The van der Waals surface area contributed by atoms with Crippen molar-refractivity contribution in [1.29, 1.82) is 0 Å². The summed E-state index contributed by atoms with van der Waals surface area (Å²) in [6, 6.07) is 14.1. The summed E-state index contributed by atoms with van der Waals surface area (Å²) >= 11 is 0. The predicted octanol–water partition coefficient (Wildman–Crippen LogP) is 4.31. The van der Waals surface area contributed by atoms with Crippen molar-refractivity contribution in [2.75, 3.05) is 11.9 Å². The molecule has 0 saturated carbocycles. The average Bonchev–Trinajstić information content (AvgIpc) is 2.59. The third-order valence-corrected chi connectivity index (χ3v) is 3.78. The van der Waals surface area contributed by atoms with Crippen LogP contribution in [0.15, 0.2) is 48.5 Å². The molecular formula is C20H23NO4. The number of carboxylic acid groups (broad SMARTS) is 1. The standard InChI is InChI=1S/C20H23NO4/c1-14(2)15-7-11-18(12-8-15)25-13-3-4-19(22)21-17-9-5-16(6-10-17)20(23)24/h5-12,14H,3-4,13H2,1-2H3,(H,21,22)(H,23,24). The SMILES string of the molecule is CC(C)c1ccc(OCCCC(=O)Nc2ccc(C(=O)O)cc2)cc1. The van der Waals surface area contributed by atoms with Crippen LogP contribution in [-0.2, 0) is 4.79 Å². The van der Waals surface area contributed by atoms with E-state index in [2.05, 4.69) is 19.2 Å². The Morgan fingerprint density at radius 3 is 2.24 bits per heavy atom. The van der Waals surface area contributed by atoms with Gasteiger partial charge in [-0.05, 0) is 54.3 Å². The van der Waals surface area contributed by atoms with Crippen LogP contribution in [0.4, 0.5) is 5.69 Å². The van der Waals surface area contributed by atoms with Gasteiger partial charge >= 0.3 is 5.97 Å². The van der Waals surface area contributed by atoms with Gasteiger partial charge in [0, 0.05) is 12.1 Å². The van der Waals surface area contributed by atoms with Crippen molar-refractivity contribution in [2.45, 2.75) is 32.6 Å². The number of carbonyl (C=O) groups excluding carboxylic acids is 1. The van der Waals surface area contributed by atoms with E-state index in [1.54, 1.807) is 12.1 Å². The molecule has 0 bridgehead atoms. The normalized spacial score (nSPS) is 10.5. The van der Waals surface area contributed by atoms with Crippen LogP contribution in [0.5, 0.6) is 5.75 Å². The molecule has 5 nitrogen and oxygen atoms in total. The van der Waals surface area contributed by atoms with Crippen LogP contribution in [0.3, 0.4) is 0 Å². The highest BCUT2D eigenvalue weighted by Crippen LogP contribution is 2.18. The molecule has 25 heavy (non-hydrogen) atoms. The van der Waals surface area contributed by atoms with Crippen LogP contribution in [0, 0.1) is 0 Å². The average molecular weight is 341 g/mol. The Morgan fingerprint density at radius 2 is 1.68 bits per heavy atom. The molecule has 0 aliphatic heterocycles. The molecule has 0 aliphatic carbocycles. The van der Waals surface area contributed by atoms with E-state index in [0.29, 0.717) is 31.1 Å². The third kappa shape index (κ3) is 5.95. The van der Waals surface area contributed by atoms with Crippen molar-refractivity contribution < 1.29 is 19.4 Å². The maximum atomic E-state index is 11.9. The van der Waals surface area contributed by atoms with E-state index < -0.39 is 5.97 Å². The van der Waals surface area contributed by atoms with E-state index in [1.807, 2.05) is 24.3 Å². The van der Waals surface area contributed by atoms with Gasteiger partial charge in [-0.25, -0.2) is 4.79 Å². The number of hydrogen-bond acceptors (Lipinski definition) is 3. The minimum absolute atomic E-state index is 0.123. The zero-order chi connectivity index (χ0) is 18.2. The fourth-order valence-electron chi connectivity index (χ4n) is 2.29. The number of carboxylic acids is 1. The molecule has 0 spiro atoms. The fourth-order valence-corrected chi connectivity index (χ4v) is 2.29. The van der Waals surface area contributed by atoms with Gasteiger partial charge in [-0.15, -0.1) is 0 Å². The van der Waals surface area contributed by atoms with Crippen LogP contribution in [-0.4, -0.2) is 23.6 Å². The summed E-state index contributed by atoms with van der Waals surface area (Å²) < 4.78 is 5.64. The molecule has 0 unspecified atom stereocenters. The van der Waals surface area contributed by atoms with Gasteiger partial charge < -0.3 is 15.2 Å². The zero-order valence-electron chi connectivity index (χ0n) is 14.5. The molecule has 2 rings (SSSR count). The van der Waals surface area contributed by atoms with Gasteiger partial charge in [0.2, 0.25) is 5.91 Å². The monoisotopic (exact) mass is 341 g/mol. The van der Waals surface area contributed by atoms with Crippen LogP contribution in [0.1, 0.15) is 48.5 Å². The molecule has 0 radical (unpaired) electrons. The van der Waals surface area contributed by atoms with Gasteiger partial charge in [-0.3, -0.25) is 4.79 Å². The van der Waals surface area contributed by atoms with Crippen LogP contribution in [0.2, 0.25) is 0 Å². The summed E-state index contributed by atoms with van der Waals surface area (Å²) in [5.41, 5.74) is 2.04. The van der Waals surface area contributed by atoms with Gasteiger partial charge in [0.25, 0.3) is 0 Å². The Hall–Kier alpha value is -2.82. The number of amides is 1. The quantitative estimate of drug-likeness (QED) is 0.702. The molecule has 2 aromatic carbocycles. The number of anilines is 1. The predicted molar refractivity (Wildman–Crippen MR) is 97.3 cm³/mol. The van der Waals surface area contributed by atoms with Gasteiger partial charge in [0.1, 0.15) is 5.75 Å². The summed E-state index contributed by atoms with van der Waals surface area (Å²) in [6.07, 6.45) is 0.940. The lowest BCUT2D eigenvalue weighted by Gasteiger charge is -2.09. The topological polar surface area (TPSA) is 75.6 Å². The molecule has 0 heterocycles. The van der Waals surface area contributed by atoms with Crippen molar-refractivity contribution in [3.05, 3.63) is 59.7 Å². The molecule has 2 N–H and O–H groups in total. The molecule has 1 amide bonds. The highest BCUT2D eigenvalue weighted by molar-refractivity contribution is 5.92. The molecule has 132 valence electrons. The summed E-state index contributed by atoms with van der Waals surface area (Å²) in [5.74, 6) is 0.176. The second-order valence-corrected chi connectivity index (χ2v) is 6.11. The first-order valence-electron chi connectivity index (χ1n) is 8.31. The van der Waals surface area contributed by atoms with Crippen LogP contribution >= 0.6 is 0 Å². The Kier molecular flexibility index (Phi) is 6.57. The first-order valence-corrected chi connectivity index (χ1v) is 8.31. The third-order valence-electron chi connectivity index (χ3n) is 3.78. The lowest BCUT2D eigenvalue weighted by Crippen LogP contribution is -2.13. The zero-order valence-corrected chi connectivity index (χ0v) is 14.5. The first kappa shape index (κ1) is 18.5. The lowest BCUT2D eigenvalue weighted by atomic mass is 10.0. The summed E-state index contributed by atoms with van der Waals surface area (Å²) in [6.45, 7) is 4.75. The van der Waals surface area contributed by atoms with Crippen molar-refractivity contribution in [3.63, 3.8) is 0 Å². The second kappa shape index (κ2) is 8.87. The van der Waals surface area contributed by atoms with E-state index in [1.165, 1.54) is 17.7 Å². The van der Waals surface area contributed by atoms with E-state index in [9.17, 15) is 9.59 Å². The van der Waals surface area contributed by atoms with Gasteiger partial charge in [0.05, 0.1) is 12.2 Å². The molecule has 5 heteroatoms. The van der Waals surface area contributed by atoms with Crippen molar-refractivity contribution >= 4 is 17.6 Å². The number of hydrogen-bond donors (Lipinski definition) is 2. The van der Waals surface area contributed by atoms with Gasteiger partial charge in [-0.2, -0.15) is 0 Å². The largest absolute Gasteiger partial charge is 0.494 e. The number of ether oxygens (including phenoxy) is 1. The number of nitrogens with one attached hydrogen (secondary N) is 1. The number of benzene rings is 2. The van der Waals surface area contributed by atoms with Gasteiger partial charge in [0.15, 0.2) is 0 Å². The summed E-state index contributed by atoms with van der Waals surface area (Å²) in [5, 5.41) is 11.6. The molecular weight excluding hydrogens is 318 g/mol. The minimum atomic E-state index is -0.989. The number of carbonyl (C=O) groups is 2. The first-order chi connectivity index (χ1) is 12.0. The van der Waals surface area contributed by atoms with E-state index in [4.69, 9.17) is 9.84 Å². The lowest BCUT2D eigenvalue weighted by molar-refractivity contribution is -0.116. The molecule has 0 saturated heterocycles. The Labute approximate surface area is 147 Å². The maximum Gasteiger partial charge on any atom is 0.335 e. The highest BCUT2D eigenvalue weighted by Gasteiger charge is 2.05. The minimum Gasteiger partial charge on any atom is -0.494 e. The number of rotatable bonds is 8. The molecule has 0 aromatic heterocycles. The van der Waals surface area contributed by atoms with E-state index in [0.717, 1.165) is 5.75 Å². The Balaban J connectivity index is 1.70. The Morgan fingerprint density at radius 1 is 1.04 bits per heavy atom. The van der Waals surface area contributed by atoms with Crippen LogP contribution < -0.4 is 10.1 Å². The second-order valence-electron chi connectivity index (χ2n) is 6.11. The Bertz CT molecular complexity index is 705. The maximum absolute atomic E-state index is 11.9. The molecule has 2 aromatic rings. The smallest absolute Gasteiger partial charge is 0.335 e. The van der Waals surface area contributed by atoms with Crippen molar-refractivity contribution in [3.8, 4) is 5.75 Å². The van der Waals surface area contributed by atoms with Crippen LogP contribution in [0.25, 0.3) is 0 Å². The van der Waals surface area contributed by atoms with Crippen molar-refractivity contribution in [2.24, 2.45) is 0 Å². The molecule has 0 atom stereocenters. The highest BCUT2D eigenvalue weighted by atomic mass is 16.5. The fraction of sp³-hybridized carbons (Fsp3) is 0.300. The van der Waals surface area contributed by atoms with Gasteiger partial charge in [-0.1, -0.05) is 26.0 Å². The summed E-state index contributed by atoms with van der Waals surface area (Å²) in [7, 11) is 0. The van der Waals surface area contributed by atoms with Crippen molar-refractivity contribution in [1.82, 2.24) is 0 Å². The number of aromatic carboxylic acids is 1.